The van der Waals surface area contributed by atoms with Gasteiger partial charge in [-0.15, -0.1) is 5.10 Å². The number of aromatic nitrogens is 3. The summed E-state index contributed by atoms with van der Waals surface area (Å²) in [4.78, 5) is 37.5. The number of benzene rings is 3. The summed E-state index contributed by atoms with van der Waals surface area (Å²) < 4.78 is 12.7. The quantitative estimate of drug-likeness (QED) is 0.265. The zero-order valence-corrected chi connectivity index (χ0v) is 20.7. The fourth-order valence-electron chi connectivity index (χ4n) is 4.30. The number of carboxylic acid groups (broad SMARTS) is 1. The lowest BCUT2D eigenvalue weighted by molar-refractivity contribution is -0.142. The Morgan fingerprint density at radius 1 is 1.05 bits per heavy atom. The molecule has 2 heterocycles. The SMILES string of the molecule is Cc1cccc(COc2ccc3oc(C(=O)CC(CCn4nnc5ccccc5c4=O)C(=O)O)cc3c2)c1. The van der Waals surface area contributed by atoms with Gasteiger partial charge in [-0.3, -0.25) is 14.4 Å². The average molecular weight is 512 g/mol. The highest BCUT2D eigenvalue weighted by Gasteiger charge is 2.24. The molecule has 5 aromatic rings. The molecular formula is C29H25N3O6. The molecule has 38 heavy (non-hydrogen) atoms. The molecule has 0 saturated carbocycles. The standard InChI is InChI=1S/C29H25N3O6/c1-18-5-4-6-19(13-18)17-37-22-9-10-26-21(14-22)16-27(38-26)25(33)15-20(29(35)36)11-12-32-28(34)23-7-2-3-8-24(23)30-31-32/h2-10,13-14,16,20H,11-12,15,17H2,1H3,(H,35,36). The van der Waals surface area contributed by atoms with Crippen molar-refractivity contribution >= 4 is 33.6 Å². The lowest BCUT2D eigenvalue weighted by atomic mass is 9.98. The molecule has 0 aliphatic heterocycles. The highest BCUT2D eigenvalue weighted by atomic mass is 16.5. The van der Waals surface area contributed by atoms with Crippen molar-refractivity contribution in [2.75, 3.05) is 0 Å². The van der Waals surface area contributed by atoms with Gasteiger partial charge in [-0.2, -0.15) is 0 Å². The fourth-order valence-corrected chi connectivity index (χ4v) is 4.30. The second-order valence-electron chi connectivity index (χ2n) is 9.17. The van der Waals surface area contributed by atoms with Crippen molar-refractivity contribution < 1.29 is 23.8 Å². The Kier molecular flexibility index (Phi) is 6.99. The van der Waals surface area contributed by atoms with Gasteiger partial charge in [0.25, 0.3) is 5.56 Å². The van der Waals surface area contributed by atoms with Crippen LogP contribution in [0, 0.1) is 12.8 Å². The van der Waals surface area contributed by atoms with Crippen LogP contribution in [0.5, 0.6) is 5.75 Å². The number of aryl methyl sites for hydroxylation is 2. The minimum absolute atomic E-state index is 0.0165. The summed E-state index contributed by atoms with van der Waals surface area (Å²) in [6.07, 6.45) is -0.243. The van der Waals surface area contributed by atoms with Gasteiger partial charge in [0, 0.05) is 18.4 Å². The third-order valence-corrected chi connectivity index (χ3v) is 6.35. The number of furan rings is 1. The van der Waals surface area contributed by atoms with Crippen LogP contribution in [-0.4, -0.2) is 31.9 Å². The van der Waals surface area contributed by atoms with E-state index in [0.29, 0.717) is 34.2 Å². The van der Waals surface area contributed by atoms with Crippen LogP contribution in [0.1, 0.15) is 34.5 Å². The Balaban J connectivity index is 1.25. The predicted octanol–water partition coefficient (Wildman–Crippen LogP) is 4.79. The van der Waals surface area contributed by atoms with E-state index in [-0.39, 0.29) is 30.7 Å². The number of hydrogen-bond acceptors (Lipinski definition) is 7. The molecule has 9 heteroatoms. The van der Waals surface area contributed by atoms with Crippen LogP contribution in [0.4, 0.5) is 0 Å². The molecule has 0 radical (unpaired) electrons. The van der Waals surface area contributed by atoms with Gasteiger partial charge in [0.15, 0.2) is 11.5 Å². The maximum atomic E-state index is 12.9. The number of hydrogen-bond donors (Lipinski definition) is 1. The lowest BCUT2D eigenvalue weighted by Gasteiger charge is -2.11. The number of aliphatic carboxylic acids is 1. The van der Waals surface area contributed by atoms with Crippen LogP contribution in [0.2, 0.25) is 0 Å². The first-order valence-corrected chi connectivity index (χ1v) is 12.2. The van der Waals surface area contributed by atoms with Gasteiger partial charge >= 0.3 is 5.97 Å². The molecule has 0 aliphatic rings. The normalized spacial score (nSPS) is 12.0. The van der Waals surface area contributed by atoms with Gasteiger partial charge in [0.1, 0.15) is 23.5 Å². The van der Waals surface area contributed by atoms with Crippen LogP contribution in [0.25, 0.3) is 21.9 Å². The van der Waals surface area contributed by atoms with Gasteiger partial charge in [0.05, 0.1) is 11.3 Å². The molecule has 1 atom stereocenters. The second-order valence-corrected chi connectivity index (χ2v) is 9.17. The summed E-state index contributed by atoms with van der Waals surface area (Å²) >= 11 is 0. The van der Waals surface area contributed by atoms with E-state index in [2.05, 4.69) is 16.4 Å². The zero-order chi connectivity index (χ0) is 26.6. The summed E-state index contributed by atoms with van der Waals surface area (Å²) in [6.45, 7) is 2.44. The smallest absolute Gasteiger partial charge is 0.307 e. The summed E-state index contributed by atoms with van der Waals surface area (Å²) in [6, 6.07) is 21.7. The number of carbonyl (C=O) groups is 2. The number of ketones is 1. The minimum atomic E-state index is -1.14. The fraction of sp³-hybridized carbons (Fsp3) is 0.207. The van der Waals surface area contributed by atoms with E-state index in [0.717, 1.165) is 15.8 Å². The number of carboxylic acids is 1. The van der Waals surface area contributed by atoms with Crippen LogP contribution in [0.15, 0.2) is 82.0 Å². The number of fused-ring (bicyclic) bond motifs is 2. The van der Waals surface area contributed by atoms with Crippen molar-refractivity contribution in [2.45, 2.75) is 32.9 Å². The van der Waals surface area contributed by atoms with Gasteiger partial charge in [0.2, 0.25) is 0 Å². The van der Waals surface area contributed by atoms with Crippen LogP contribution in [-0.2, 0) is 17.9 Å². The molecular weight excluding hydrogens is 486 g/mol. The average Bonchev–Trinajstić information content (AvgIpc) is 3.34. The number of ether oxygens (including phenoxy) is 1. The van der Waals surface area contributed by atoms with Gasteiger partial charge in [-0.25, -0.2) is 4.68 Å². The molecule has 3 aromatic carbocycles. The summed E-state index contributed by atoms with van der Waals surface area (Å²) in [7, 11) is 0. The molecule has 5 rings (SSSR count). The van der Waals surface area contributed by atoms with E-state index >= 15 is 0 Å². The summed E-state index contributed by atoms with van der Waals surface area (Å²) in [5.74, 6) is -1.89. The Morgan fingerprint density at radius 2 is 1.89 bits per heavy atom. The summed E-state index contributed by atoms with van der Waals surface area (Å²) in [5.41, 5.74) is 2.80. The Bertz CT molecular complexity index is 1700. The third kappa shape index (κ3) is 5.46. The first-order chi connectivity index (χ1) is 18.4. The first kappa shape index (κ1) is 24.9. The lowest BCUT2D eigenvalue weighted by Crippen LogP contribution is -2.27. The Morgan fingerprint density at radius 3 is 2.71 bits per heavy atom. The summed E-state index contributed by atoms with van der Waals surface area (Å²) in [5, 5.41) is 18.7. The van der Waals surface area contributed by atoms with Crippen LogP contribution >= 0.6 is 0 Å². The maximum absolute atomic E-state index is 12.9. The van der Waals surface area contributed by atoms with Crippen LogP contribution < -0.4 is 10.3 Å². The Hall–Kier alpha value is -4.79. The van der Waals surface area contributed by atoms with Crippen molar-refractivity contribution in [3.63, 3.8) is 0 Å². The predicted molar refractivity (Wildman–Crippen MR) is 140 cm³/mol. The van der Waals surface area contributed by atoms with Gasteiger partial charge < -0.3 is 14.3 Å². The molecule has 0 amide bonds. The molecule has 0 spiro atoms. The molecule has 192 valence electrons. The number of Topliss-reactive ketones (excluding diaryl/α,β-unsaturated/α-hetero) is 1. The van der Waals surface area contributed by atoms with Crippen molar-refractivity contribution in [3.8, 4) is 5.75 Å². The van der Waals surface area contributed by atoms with Crippen molar-refractivity contribution in [3.05, 3.63) is 100 Å². The van der Waals surface area contributed by atoms with E-state index in [1.165, 1.54) is 0 Å². The van der Waals surface area contributed by atoms with E-state index in [1.807, 2.05) is 25.1 Å². The highest BCUT2D eigenvalue weighted by molar-refractivity contribution is 5.99. The molecule has 0 saturated heterocycles. The van der Waals surface area contributed by atoms with Gasteiger partial charge in [-0.1, -0.05) is 47.2 Å². The number of rotatable bonds is 10. The van der Waals surface area contributed by atoms with Gasteiger partial charge in [-0.05, 0) is 55.3 Å². The van der Waals surface area contributed by atoms with Crippen molar-refractivity contribution in [1.29, 1.82) is 0 Å². The molecule has 9 nitrogen and oxygen atoms in total. The second kappa shape index (κ2) is 10.7. The minimum Gasteiger partial charge on any atom is -0.489 e. The maximum Gasteiger partial charge on any atom is 0.307 e. The van der Waals surface area contributed by atoms with E-state index in [4.69, 9.17) is 9.15 Å². The zero-order valence-electron chi connectivity index (χ0n) is 20.7. The van der Waals surface area contributed by atoms with Crippen molar-refractivity contribution in [2.24, 2.45) is 5.92 Å². The molecule has 1 unspecified atom stereocenters. The molecule has 1 N–H and O–H groups in total. The number of carbonyl (C=O) groups excluding carboxylic acids is 1. The van der Waals surface area contributed by atoms with E-state index in [1.54, 1.807) is 48.5 Å². The monoisotopic (exact) mass is 511 g/mol. The van der Waals surface area contributed by atoms with E-state index in [9.17, 15) is 19.5 Å². The largest absolute Gasteiger partial charge is 0.489 e. The van der Waals surface area contributed by atoms with E-state index < -0.39 is 17.7 Å². The highest BCUT2D eigenvalue weighted by Crippen LogP contribution is 2.27. The Labute approximate surface area is 217 Å². The van der Waals surface area contributed by atoms with Crippen molar-refractivity contribution in [1.82, 2.24) is 15.0 Å². The molecule has 2 aromatic heterocycles. The molecule has 0 aliphatic carbocycles. The molecule has 0 bridgehead atoms. The topological polar surface area (TPSA) is 125 Å². The number of nitrogens with zero attached hydrogens (tertiary/aromatic N) is 3. The molecule has 0 fully saturated rings. The first-order valence-electron chi connectivity index (χ1n) is 12.2. The third-order valence-electron chi connectivity index (χ3n) is 6.35. The van der Waals surface area contributed by atoms with Crippen LogP contribution in [0.3, 0.4) is 0 Å².